The van der Waals surface area contributed by atoms with Gasteiger partial charge in [0.25, 0.3) is 0 Å². The molecule has 2 rings (SSSR count). The number of nitrogens with zero attached hydrogens (tertiary/aromatic N) is 1. The quantitative estimate of drug-likeness (QED) is 0.754. The summed E-state index contributed by atoms with van der Waals surface area (Å²) in [6.45, 7) is 4.22. The van der Waals surface area contributed by atoms with Crippen molar-refractivity contribution < 1.29 is 9.59 Å². The van der Waals surface area contributed by atoms with Crippen LogP contribution < -0.4 is 5.32 Å². The molecule has 0 radical (unpaired) electrons. The Kier molecular flexibility index (Phi) is 3.17. The van der Waals surface area contributed by atoms with Crippen LogP contribution in [0.4, 0.5) is 0 Å². The Balaban J connectivity index is 1.78. The van der Waals surface area contributed by atoms with Gasteiger partial charge in [0.2, 0.25) is 11.8 Å². The molecule has 2 amide bonds. The van der Waals surface area contributed by atoms with Crippen molar-refractivity contribution in [1.29, 1.82) is 0 Å². The maximum Gasteiger partial charge on any atom is 0.242 e. The van der Waals surface area contributed by atoms with Crippen LogP contribution in [0.25, 0.3) is 0 Å². The lowest BCUT2D eigenvalue weighted by Gasteiger charge is -2.26. The zero-order valence-electron chi connectivity index (χ0n) is 10.0. The standard InChI is InChI=1S/C12H20N2O2/c1-8(2)14(10-5-6-10)11(15)7-13-12(16)9-3-4-9/h8-10H,3-7H2,1-2H3,(H,13,16). The minimum absolute atomic E-state index is 0.0489. The van der Waals surface area contributed by atoms with Gasteiger partial charge in [-0.3, -0.25) is 9.59 Å². The van der Waals surface area contributed by atoms with E-state index >= 15 is 0 Å². The van der Waals surface area contributed by atoms with Gasteiger partial charge < -0.3 is 10.2 Å². The lowest BCUT2D eigenvalue weighted by atomic mass is 10.3. The summed E-state index contributed by atoms with van der Waals surface area (Å²) < 4.78 is 0. The largest absolute Gasteiger partial charge is 0.347 e. The van der Waals surface area contributed by atoms with E-state index in [9.17, 15) is 9.59 Å². The molecular formula is C12H20N2O2. The van der Waals surface area contributed by atoms with E-state index in [0.29, 0.717) is 6.04 Å². The van der Waals surface area contributed by atoms with Crippen LogP contribution in [0, 0.1) is 5.92 Å². The minimum atomic E-state index is 0.0489. The summed E-state index contributed by atoms with van der Waals surface area (Å²) in [4.78, 5) is 25.2. The van der Waals surface area contributed by atoms with Gasteiger partial charge in [0.1, 0.15) is 0 Å². The maximum absolute atomic E-state index is 11.9. The lowest BCUT2D eigenvalue weighted by Crippen LogP contribution is -2.45. The van der Waals surface area contributed by atoms with Gasteiger partial charge in [-0.1, -0.05) is 0 Å². The highest BCUT2D eigenvalue weighted by molar-refractivity contribution is 5.87. The first kappa shape index (κ1) is 11.4. The smallest absolute Gasteiger partial charge is 0.242 e. The number of hydrogen-bond acceptors (Lipinski definition) is 2. The summed E-state index contributed by atoms with van der Waals surface area (Å²) in [5.74, 6) is 0.292. The molecule has 4 nitrogen and oxygen atoms in total. The van der Waals surface area contributed by atoms with E-state index in [1.165, 1.54) is 0 Å². The number of nitrogens with one attached hydrogen (secondary N) is 1. The van der Waals surface area contributed by atoms with Crippen molar-refractivity contribution in [2.24, 2.45) is 5.92 Å². The Morgan fingerprint density at radius 1 is 1.25 bits per heavy atom. The van der Waals surface area contributed by atoms with Gasteiger partial charge in [0.05, 0.1) is 6.54 Å². The number of hydrogen-bond donors (Lipinski definition) is 1. The molecule has 0 saturated heterocycles. The molecule has 0 bridgehead atoms. The highest BCUT2D eigenvalue weighted by atomic mass is 16.2. The van der Waals surface area contributed by atoms with E-state index in [2.05, 4.69) is 5.32 Å². The second-order valence-corrected chi connectivity index (χ2v) is 5.12. The lowest BCUT2D eigenvalue weighted by molar-refractivity contribution is -0.135. The van der Waals surface area contributed by atoms with Gasteiger partial charge >= 0.3 is 0 Å². The normalized spacial score (nSPS) is 19.7. The monoisotopic (exact) mass is 224 g/mol. The van der Waals surface area contributed by atoms with Crippen molar-refractivity contribution >= 4 is 11.8 Å². The van der Waals surface area contributed by atoms with E-state index < -0.39 is 0 Å². The van der Waals surface area contributed by atoms with Crippen LogP contribution in [0.2, 0.25) is 0 Å². The minimum Gasteiger partial charge on any atom is -0.347 e. The first-order valence-electron chi connectivity index (χ1n) is 6.18. The summed E-state index contributed by atoms with van der Waals surface area (Å²) in [6.07, 6.45) is 4.19. The number of rotatable bonds is 5. The number of carbonyl (C=O) groups is 2. The molecule has 2 fully saturated rings. The predicted molar refractivity (Wildman–Crippen MR) is 60.7 cm³/mol. The fraction of sp³-hybridized carbons (Fsp3) is 0.833. The van der Waals surface area contributed by atoms with Crippen molar-refractivity contribution in [3.63, 3.8) is 0 Å². The number of carbonyl (C=O) groups excluding carboxylic acids is 2. The van der Waals surface area contributed by atoms with E-state index in [-0.39, 0.29) is 30.3 Å². The Hall–Kier alpha value is -1.06. The molecule has 1 N–H and O–H groups in total. The van der Waals surface area contributed by atoms with Crippen LogP contribution in [-0.4, -0.2) is 35.3 Å². The molecule has 2 aliphatic carbocycles. The molecule has 0 spiro atoms. The van der Waals surface area contributed by atoms with Gasteiger partial charge in [0, 0.05) is 18.0 Å². The highest BCUT2D eigenvalue weighted by Gasteiger charge is 2.35. The average molecular weight is 224 g/mol. The van der Waals surface area contributed by atoms with Crippen molar-refractivity contribution in [3.05, 3.63) is 0 Å². The molecule has 2 saturated carbocycles. The molecule has 90 valence electrons. The fourth-order valence-corrected chi connectivity index (χ4v) is 2.01. The van der Waals surface area contributed by atoms with Gasteiger partial charge in [-0.15, -0.1) is 0 Å². The van der Waals surface area contributed by atoms with Crippen LogP contribution in [0.1, 0.15) is 39.5 Å². The molecule has 0 aromatic heterocycles. The Morgan fingerprint density at radius 3 is 2.31 bits per heavy atom. The second-order valence-electron chi connectivity index (χ2n) is 5.12. The molecule has 0 atom stereocenters. The van der Waals surface area contributed by atoms with Crippen molar-refractivity contribution in [1.82, 2.24) is 10.2 Å². The molecule has 0 heterocycles. The fourth-order valence-electron chi connectivity index (χ4n) is 2.01. The molecular weight excluding hydrogens is 204 g/mol. The van der Waals surface area contributed by atoms with E-state index in [1.807, 2.05) is 18.7 Å². The second kappa shape index (κ2) is 4.44. The Labute approximate surface area is 96.4 Å². The molecule has 0 aromatic rings. The summed E-state index contributed by atoms with van der Waals surface area (Å²) in [7, 11) is 0. The third-order valence-corrected chi connectivity index (χ3v) is 3.15. The van der Waals surface area contributed by atoms with E-state index in [4.69, 9.17) is 0 Å². The topological polar surface area (TPSA) is 49.4 Å². The zero-order valence-corrected chi connectivity index (χ0v) is 10.0. The third-order valence-electron chi connectivity index (χ3n) is 3.15. The van der Waals surface area contributed by atoms with Gasteiger partial charge in [-0.05, 0) is 39.5 Å². The van der Waals surface area contributed by atoms with E-state index in [1.54, 1.807) is 0 Å². The Bertz CT molecular complexity index is 291. The van der Waals surface area contributed by atoms with Gasteiger partial charge in [-0.2, -0.15) is 0 Å². The maximum atomic E-state index is 11.9. The molecule has 0 unspecified atom stereocenters. The molecule has 2 aliphatic rings. The van der Waals surface area contributed by atoms with Crippen molar-refractivity contribution in [3.8, 4) is 0 Å². The molecule has 0 aromatic carbocycles. The molecule has 4 heteroatoms. The summed E-state index contributed by atoms with van der Waals surface area (Å²) in [5.41, 5.74) is 0. The number of amides is 2. The Morgan fingerprint density at radius 2 is 1.88 bits per heavy atom. The summed E-state index contributed by atoms with van der Waals surface area (Å²) in [6, 6.07) is 0.656. The van der Waals surface area contributed by atoms with Crippen LogP contribution >= 0.6 is 0 Å². The third kappa shape index (κ3) is 2.74. The highest BCUT2D eigenvalue weighted by Crippen LogP contribution is 2.29. The van der Waals surface area contributed by atoms with Gasteiger partial charge in [0.15, 0.2) is 0 Å². The zero-order chi connectivity index (χ0) is 11.7. The summed E-state index contributed by atoms with van der Waals surface area (Å²) >= 11 is 0. The SMILES string of the molecule is CC(C)N(C(=O)CNC(=O)C1CC1)C1CC1. The average Bonchev–Trinajstić information content (AvgIpc) is 3.02. The summed E-state index contributed by atoms with van der Waals surface area (Å²) in [5, 5.41) is 2.73. The van der Waals surface area contributed by atoms with Crippen LogP contribution in [-0.2, 0) is 9.59 Å². The van der Waals surface area contributed by atoms with Crippen molar-refractivity contribution in [2.45, 2.75) is 51.6 Å². The predicted octanol–water partition coefficient (Wildman–Crippen LogP) is 0.912. The van der Waals surface area contributed by atoms with Crippen LogP contribution in [0.3, 0.4) is 0 Å². The molecule has 0 aliphatic heterocycles. The molecule has 16 heavy (non-hydrogen) atoms. The van der Waals surface area contributed by atoms with Crippen molar-refractivity contribution in [2.75, 3.05) is 6.54 Å². The first-order chi connectivity index (χ1) is 7.59. The van der Waals surface area contributed by atoms with Crippen LogP contribution in [0.15, 0.2) is 0 Å². The van der Waals surface area contributed by atoms with E-state index in [0.717, 1.165) is 25.7 Å². The van der Waals surface area contributed by atoms with Crippen LogP contribution in [0.5, 0.6) is 0 Å². The van der Waals surface area contributed by atoms with Gasteiger partial charge in [-0.25, -0.2) is 0 Å². The first-order valence-corrected chi connectivity index (χ1v) is 6.18.